The van der Waals surface area contributed by atoms with Crippen LogP contribution in [0.2, 0.25) is 0 Å². The van der Waals surface area contributed by atoms with E-state index in [0.29, 0.717) is 0 Å². The normalized spacial score (nSPS) is 6.86. The number of carbonyl (C=O) groups is 2. The average Bonchev–Trinajstić information content (AvgIpc) is 2.13. The minimum atomic E-state index is -0.250. The van der Waals surface area contributed by atoms with Crippen LogP contribution in [0, 0.1) is 0 Å². The fourth-order valence-electron chi connectivity index (χ4n) is 0.453. The summed E-state index contributed by atoms with van der Waals surface area (Å²) in [5, 5.41) is 31.1. The van der Waals surface area contributed by atoms with Gasteiger partial charge in [0, 0.05) is 0 Å². The van der Waals surface area contributed by atoms with Crippen LogP contribution in [0.3, 0.4) is 0 Å². The van der Waals surface area contributed by atoms with Crippen LogP contribution in [0.15, 0.2) is 24.3 Å². The monoisotopic (exact) mass is 202 g/mol. The van der Waals surface area contributed by atoms with Crippen LogP contribution in [-0.4, -0.2) is 33.4 Å². The van der Waals surface area contributed by atoms with Crippen molar-refractivity contribution in [2.24, 2.45) is 0 Å². The van der Waals surface area contributed by atoms with Gasteiger partial charge >= 0.3 is 0 Å². The van der Waals surface area contributed by atoms with Gasteiger partial charge in [-0.3, -0.25) is 9.59 Å². The third-order valence-electron chi connectivity index (χ3n) is 0.850. The molecule has 0 atom stereocenters. The number of carboxylic acid groups (broad SMARTS) is 2. The number of hydrogen-bond donors (Lipinski definition) is 4. The van der Waals surface area contributed by atoms with E-state index < -0.39 is 0 Å². The third-order valence-corrected chi connectivity index (χ3v) is 0.850. The molecule has 78 valence electrons. The Morgan fingerprint density at radius 1 is 0.786 bits per heavy atom. The highest BCUT2D eigenvalue weighted by atomic mass is 16.3. The van der Waals surface area contributed by atoms with Crippen molar-refractivity contribution < 1.29 is 30.0 Å². The minimum absolute atomic E-state index is 0.169. The van der Waals surface area contributed by atoms with E-state index in [1.807, 2.05) is 0 Å². The number of aromatic hydroxyl groups is 2. The predicted molar refractivity (Wildman–Crippen MR) is 47.2 cm³/mol. The molecule has 0 aromatic heterocycles. The first-order valence-electron chi connectivity index (χ1n) is 3.26. The molecule has 0 saturated carbocycles. The number of phenolic OH excluding ortho intramolecular Hbond substituents is 2. The second-order valence-electron chi connectivity index (χ2n) is 1.73. The lowest BCUT2D eigenvalue weighted by Crippen LogP contribution is -1.61. The van der Waals surface area contributed by atoms with Crippen molar-refractivity contribution in [3.63, 3.8) is 0 Å². The molecular formula is C8H10O6. The van der Waals surface area contributed by atoms with E-state index in [1.165, 1.54) is 24.3 Å². The first-order valence-corrected chi connectivity index (χ1v) is 3.26. The Balaban J connectivity index is 0. The van der Waals surface area contributed by atoms with Gasteiger partial charge in [0.1, 0.15) is 11.5 Å². The summed E-state index contributed by atoms with van der Waals surface area (Å²) in [5.41, 5.74) is 0. The Morgan fingerprint density at radius 2 is 0.929 bits per heavy atom. The van der Waals surface area contributed by atoms with Gasteiger partial charge < -0.3 is 20.4 Å². The third kappa shape index (κ3) is 12.4. The highest BCUT2D eigenvalue weighted by Gasteiger charge is 1.84. The molecule has 6 nitrogen and oxygen atoms in total. The van der Waals surface area contributed by atoms with Crippen LogP contribution in [0.4, 0.5) is 0 Å². The van der Waals surface area contributed by atoms with E-state index >= 15 is 0 Å². The fraction of sp³-hybridized carbons (Fsp3) is 0. The zero-order valence-electron chi connectivity index (χ0n) is 7.07. The zero-order valence-corrected chi connectivity index (χ0v) is 7.07. The van der Waals surface area contributed by atoms with Crippen molar-refractivity contribution in [1.82, 2.24) is 0 Å². The molecule has 0 fully saturated rings. The Hall–Kier alpha value is -2.24. The van der Waals surface area contributed by atoms with E-state index in [4.69, 9.17) is 30.0 Å². The summed E-state index contributed by atoms with van der Waals surface area (Å²) in [4.78, 5) is 16.7. The number of rotatable bonds is 0. The molecule has 4 N–H and O–H groups in total. The van der Waals surface area contributed by atoms with Gasteiger partial charge in [0.2, 0.25) is 0 Å². The largest absolute Gasteiger partial charge is 0.508 e. The van der Waals surface area contributed by atoms with Gasteiger partial charge in [-0.25, -0.2) is 0 Å². The molecule has 14 heavy (non-hydrogen) atoms. The Kier molecular flexibility index (Phi) is 11.0. The molecule has 0 bridgehead atoms. The lowest BCUT2D eigenvalue weighted by Gasteiger charge is -1.88. The first-order chi connectivity index (χ1) is 6.62. The number of benzene rings is 1. The van der Waals surface area contributed by atoms with Crippen molar-refractivity contribution in [2.75, 3.05) is 0 Å². The summed E-state index contributed by atoms with van der Waals surface area (Å²) in [5.74, 6) is 0.339. The van der Waals surface area contributed by atoms with Gasteiger partial charge in [0.25, 0.3) is 12.9 Å². The Morgan fingerprint density at radius 3 is 1.07 bits per heavy atom. The number of hydrogen-bond acceptors (Lipinski definition) is 4. The first kappa shape index (κ1) is 14.3. The molecule has 0 aliphatic heterocycles. The molecule has 0 amide bonds. The lowest BCUT2D eigenvalue weighted by molar-refractivity contribution is -0.123. The second-order valence-corrected chi connectivity index (χ2v) is 1.73. The topological polar surface area (TPSA) is 115 Å². The van der Waals surface area contributed by atoms with Gasteiger partial charge in [-0.15, -0.1) is 0 Å². The second kappa shape index (κ2) is 10.8. The van der Waals surface area contributed by atoms with E-state index in [0.717, 1.165) is 0 Å². The molecule has 0 heterocycles. The van der Waals surface area contributed by atoms with Crippen molar-refractivity contribution in [2.45, 2.75) is 0 Å². The molecule has 1 aromatic rings. The van der Waals surface area contributed by atoms with Crippen LogP contribution < -0.4 is 0 Å². The van der Waals surface area contributed by atoms with Crippen LogP contribution in [0.1, 0.15) is 0 Å². The highest BCUT2D eigenvalue weighted by Crippen LogP contribution is 2.13. The van der Waals surface area contributed by atoms with Crippen LogP contribution >= 0.6 is 0 Å². The maximum atomic E-state index is 8.65. The average molecular weight is 202 g/mol. The maximum absolute atomic E-state index is 8.65. The van der Waals surface area contributed by atoms with Gasteiger partial charge in [-0.05, 0) is 24.3 Å². The minimum Gasteiger partial charge on any atom is -0.508 e. The van der Waals surface area contributed by atoms with E-state index in [-0.39, 0.29) is 24.4 Å². The van der Waals surface area contributed by atoms with E-state index in [2.05, 4.69) is 0 Å². The van der Waals surface area contributed by atoms with Gasteiger partial charge in [-0.2, -0.15) is 0 Å². The van der Waals surface area contributed by atoms with Crippen molar-refractivity contribution >= 4 is 12.9 Å². The predicted octanol–water partition coefficient (Wildman–Crippen LogP) is 0.499. The number of phenols is 2. The zero-order chi connectivity index (χ0) is 11.4. The van der Waals surface area contributed by atoms with E-state index in [1.54, 1.807) is 0 Å². The summed E-state index contributed by atoms with van der Waals surface area (Å²) in [6, 6.07) is 5.70. The molecule has 0 unspecified atom stereocenters. The molecule has 1 aromatic carbocycles. The molecule has 0 saturated heterocycles. The van der Waals surface area contributed by atoms with Gasteiger partial charge in [0.15, 0.2) is 0 Å². The molecular weight excluding hydrogens is 192 g/mol. The van der Waals surface area contributed by atoms with Gasteiger partial charge in [-0.1, -0.05) is 0 Å². The highest BCUT2D eigenvalue weighted by molar-refractivity contribution is 5.33. The summed E-state index contributed by atoms with van der Waals surface area (Å²) < 4.78 is 0. The molecule has 0 spiro atoms. The Bertz CT molecular complexity index is 216. The van der Waals surface area contributed by atoms with Crippen LogP contribution in [0.25, 0.3) is 0 Å². The molecule has 0 radical (unpaired) electrons. The van der Waals surface area contributed by atoms with Crippen molar-refractivity contribution in [1.29, 1.82) is 0 Å². The van der Waals surface area contributed by atoms with Crippen LogP contribution in [-0.2, 0) is 9.59 Å². The molecule has 6 heteroatoms. The SMILES string of the molecule is O=CO.O=CO.Oc1ccc(O)cc1. The molecule has 0 aliphatic carbocycles. The Labute approximate surface area is 79.7 Å². The smallest absolute Gasteiger partial charge is 0.290 e. The van der Waals surface area contributed by atoms with E-state index in [9.17, 15) is 0 Å². The maximum Gasteiger partial charge on any atom is 0.290 e. The fourth-order valence-corrected chi connectivity index (χ4v) is 0.453. The van der Waals surface area contributed by atoms with Crippen molar-refractivity contribution in [3.05, 3.63) is 24.3 Å². The molecule has 1 rings (SSSR count). The van der Waals surface area contributed by atoms with Crippen molar-refractivity contribution in [3.8, 4) is 11.5 Å². The summed E-state index contributed by atoms with van der Waals surface area (Å²) in [6.45, 7) is -0.500. The molecule has 0 aliphatic rings. The summed E-state index contributed by atoms with van der Waals surface area (Å²) >= 11 is 0. The van der Waals surface area contributed by atoms with Gasteiger partial charge in [0.05, 0.1) is 0 Å². The quantitative estimate of drug-likeness (QED) is 0.359. The lowest BCUT2D eigenvalue weighted by atomic mass is 10.3. The summed E-state index contributed by atoms with van der Waals surface area (Å²) in [7, 11) is 0. The van der Waals surface area contributed by atoms with Crippen LogP contribution in [0.5, 0.6) is 11.5 Å². The summed E-state index contributed by atoms with van der Waals surface area (Å²) in [6.07, 6.45) is 0. The standard InChI is InChI=1S/C6H6O2.2CH2O2/c7-5-1-2-6(8)4-3-5;2*2-1-3/h1-4,7-8H;2*1H,(H,2,3).